The van der Waals surface area contributed by atoms with E-state index >= 15 is 0 Å². The Morgan fingerprint density at radius 2 is 2.07 bits per heavy atom. The molecule has 1 N–H and O–H groups in total. The van der Waals surface area contributed by atoms with Crippen molar-refractivity contribution >= 4 is 27.6 Å². The van der Waals surface area contributed by atoms with Crippen molar-refractivity contribution in [2.45, 2.75) is 13.0 Å². The SMILES string of the molecule is Cc1cnc2c(cc(C(=O)C3CNCCO3)c3nncc32)c(-c2ccccc2F)n1. The molecule has 0 bridgehead atoms. The third-order valence-corrected chi connectivity index (χ3v) is 5.19. The molecule has 1 aliphatic rings. The number of ether oxygens (including phenoxy) is 1. The number of carbonyl (C=O) groups excluding carboxylic acids is 1. The Labute approximate surface area is 171 Å². The highest BCUT2D eigenvalue weighted by Crippen LogP contribution is 2.33. The van der Waals surface area contributed by atoms with Crippen molar-refractivity contribution in [3.63, 3.8) is 0 Å². The molecule has 8 heteroatoms. The average molecular weight is 403 g/mol. The largest absolute Gasteiger partial charge is 0.367 e. The van der Waals surface area contributed by atoms with Gasteiger partial charge in [0.25, 0.3) is 0 Å². The lowest BCUT2D eigenvalue weighted by Gasteiger charge is -2.22. The zero-order valence-corrected chi connectivity index (χ0v) is 16.2. The Hall–Kier alpha value is -3.36. The van der Waals surface area contributed by atoms with Gasteiger partial charge in [-0.3, -0.25) is 14.8 Å². The third-order valence-electron chi connectivity index (χ3n) is 5.19. The minimum atomic E-state index is -0.617. The maximum Gasteiger partial charge on any atom is 0.195 e. The summed E-state index contributed by atoms with van der Waals surface area (Å²) < 4.78 is 20.3. The number of fused-ring (bicyclic) bond motifs is 3. The number of hydrogen-bond acceptors (Lipinski definition) is 7. The van der Waals surface area contributed by atoms with E-state index in [1.807, 2.05) is 0 Å². The maximum absolute atomic E-state index is 14.7. The molecule has 150 valence electrons. The molecule has 2 aromatic heterocycles. The fraction of sp³-hybridized carbons (Fsp3) is 0.227. The lowest BCUT2D eigenvalue weighted by molar-refractivity contribution is 0.0270. The summed E-state index contributed by atoms with van der Waals surface area (Å²) >= 11 is 0. The van der Waals surface area contributed by atoms with Gasteiger partial charge in [-0.15, -0.1) is 5.10 Å². The molecule has 1 saturated heterocycles. The normalized spacial score (nSPS) is 16.8. The molecule has 4 aromatic rings. The molecule has 0 spiro atoms. The van der Waals surface area contributed by atoms with Gasteiger partial charge in [-0.25, -0.2) is 4.39 Å². The second kappa shape index (κ2) is 7.47. The molecule has 2 aromatic carbocycles. The van der Waals surface area contributed by atoms with Crippen molar-refractivity contribution in [2.24, 2.45) is 0 Å². The number of hydrogen-bond donors (Lipinski definition) is 1. The molecule has 1 atom stereocenters. The Balaban J connectivity index is 1.84. The Morgan fingerprint density at radius 1 is 1.20 bits per heavy atom. The van der Waals surface area contributed by atoms with E-state index in [0.29, 0.717) is 64.0 Å². The van der Waals surface area contributed by atoms with E-state index in [2.05, 4.69) is 25.5 Å². The van der Waals surface area contributed by atoms with Crippen LogP contribution >= 0.6 is 0 Å². The number of morpholine rings is 1. The van der Waals surface area contributed by atoms with E-state index in [0.717, 1.165) is 0 Å². The van der Waals surface area contributed by atoms with Crippen LogP contribution in [0.1, 0.15) is 16.1 Å². The van der Waals surface area contributed by atoms with Gasteiger partial charge in [0.2, 0.25) is 0 Å². The molecular formula is C22H18FN5O2. The number of aryl methyl sites for hydroxylation is 1. The van der Waals surface area contributed by atoms with Crippen molar-refractivity contribution in [2.75, 3.05) is 19.7 Å². The predicted octanol–water partition coefficient (Wildman–Crippen LogP) is 2.86. The number of benzene rings is 2. The minimum Gasteiger partial charge on any atom is -0.367 e. The van der Waals surface area contributed by atoms with Crippen LogP contribution in [0.2, 0.25) is 0 Å². The second-order valence-corrected chi connectivity index (χ2v) is 7.19. The van der Waals surface area contributed by atoms with E-state index in [-0.39, 0.29) is 5.78 Å². The van der Waals surface area contributed by atoms with Gasteiger partial charge in [-0.1, -0.05) is 12.1 Å². The summed E-state index contributed by atoms with van der Waals surface area (Å²) in [6.07, 6.45) is 2.57. The number of ketones is 1. The number of nitrogens with zero attached hydrogens (tertiary/aromatic N) is 4. The van der Waals surface area contributed by atoms with Gasteiger partial charge >= 0.3 is 0 Å². The topological polar surface area (TPSA) is 89.9 Å². The molecular weight excluding hydrogens is 385 g/mol. The molecule has 0 saturated carbocycles. The van der Waals surface area contributed by atoms with E-state index in [9.17, 15) is 9.18 Å². The van der Waals surface area contributed by atoms with Gasteiger partial charge in [-0.05, 0) is 25.1 Å². The Kier molecular flexibility index (Phi) is 4.65. The summed E-state index contributed by atoms with van der Waals surface area (Å²) in [5, 5.41) is 12.5. The zero-order chi connectivity index (χ0) is 20.7. The zero-order valence-electron chi connectivity index (χ0n) is 16.2. The summed E-state index contributed by atoms with van der Waals surface area (Å²) in [4.78, 5) is 22.4. The first kappa shape index (κ1) is 18.7. The predicted molar refractivity (Wildman–Crippen MR) is 110 cm³/mol. The Morgan fingerprint density at radius 3 is 2.87 bits per heavy atom. The van der Waals surface area contributed by atoms with E-state index in [1.54, 1.807) is 43.6 Å². The van der Waals surface area contributed by atoms with Crippen LogP contribution in [0.3, 0.4) is 0 Å². The molecule has 30 heavy (non-hydrogen) atoms. The highest BCUT2D eigenvalue weighted by atomic mass is 19.1. The van der Waals surface area contributed by atoms with Gasteiger partial charge < -0.3 is 10.1 Å². The first-order valence-corrected chi connectivity index (χ1v) is 9.66. The second-order valence-electron chi connectivity index (χ2n) is 7.19. The third kappa shape index (κ3) is 3.10. The number of halogens is 1. The van der Waals surface area contributed by atoms with Crippen molar-refractivity contribution in [1.82, 2.24) is 25.5 Å². The number of Topliss-reactive ketones (excluding diaryl/α,β-unsaturated/α-hetero) is 1. The van der Waals surface area contributed by atoms with Crippen LogP contribution in [0.5, 0.6) is 0 Å². The summed E-state index contributed by atoms with van der Waals surface area (Å²) in [6, 6.07) is 8.11. The van der Waals surface area contributed by atoms with Crippen LogP contribution in [0.25, 0.3) is 33.1 Å². The van der Waals surface area contributed by atoms with Gasteiger partial charge in [0.05, 0.1) is 29.7 Å². The summed E-state index contributed by atoms with van der Waals surface area (Å²) in [6.45, 7) is 3.37. The van der Waals surface area contributed by atoms with E-state index in [4.69, 9.17) is 4.74 Å². The van der Waals surface area contributed by atoms with Crippen molar-refractivity contribution < 1.29 is 13.9 Å². The first-order chi connectivity index (χ1) is 14.6. The quantitative estimate of drug-likeness (QED) is 0.526. The first-order valence-electron chi connectivity index (χ1n) is 9.66. The standard InChI is InChI=1S/C22H18FN5O2/c1-12-9-25-19-14(20(27-12)13-4-2-3-5-17(13)23)8-15(21-16(19)10-26-28-21)22(29)18-11-24-6-7-30-18/h2-5,8-10,18,24H,6-7,11H2,1H3. The van der Waals surface area contributed by atoms with Crippen molar-refractivity contribution in [3.8, 4) is 11.3 Å². The highest BCUT2D eigenvalue weighted by Gasteiger charge is 2.27. The van der Waals surface area contributed by atoms with Crippen LogP contribution in [-0.4, -0.2) is 51.7 Å². The fourth-order valence-corrected chi connectivity index (χ4v) is 3.75. The molecule has 5 rings (SSSR count). The smallest absolute Gasteiger partial charge is 0.195 e. The molecule has 0 radical (unpaired) electrons. The fourth-order valence-electron chi connectivity index (χ4n) is 3.75. The summed E-state index contributed by atoms with van der Waals surface area (Å²) in [5.41, 5.74) is 2.76. The van der Waals surface area contributed by atoms with Crippen LogP contribution < -0.4 is 5.32 Å². The monoisotopic (exact) mass is 403 g/mol. The van der Waals surface area contributed by atoms with Gasteiger partial charge in [0.1, 0.15) is 17.4 Å². The van der Waals surface area contributed by atoms with E-state index in [1.165, 1.54) is 6.07 Å². The number of rotatable bonds is 3. The average Bonchev–Trinajstić information content (AvgIpc) is 3.20. The molecule has 1 fully saturated rings. The maximum atomic E-state index is 14.7. The lowest BCUT2D eigenvalue weighted by atomic mass is 9.97. The molecule has 1 unspecified atom stereocenters. The van der Waals surface area contributed by atoms with Gasteiger partial charge in [0, 0.05) is 41.2 Å². The Bertz CT molecular complexity index is 1290. The number of aromatic nitrogens is 4. The number of carbonyl (C=O) groups is 1. The minimum absolute atomic E-state index is 0.197. The molecule has 3 heterocycles. The van der Waals surface area contributed by atoms with Crippen LogP contribution in [0.15, 0.2) is 42.7 Å². The van der Waals surface area contributed by atoms with Crippen molar-refractivity contribution in [3.05, 3.63) is 59.8 Å². The van der Waals surface area contributed by atoms with Crippen LogP contribution in [-0.2, 0) is 4.74 Å². The van der Waals surface area contributed by atoms with Crippen molar-refractivity contribution in [1.29, 1.82) is 0 Å². The van der Waals surface area contributed by atoms with E-state index < -0.39 is 11.9 Å². The summed E-state index contributed by atoms with van der Waals surface area (Å²) in [5.74, 6) is -0.597. The molecule has 1 aliphatic heterocycles. The molecule has 0 aliphatic carbocycles. The highest BCUT2D eigenvalue weighted by molar-refractivity contribution is 6.18. The number of nitrogens with one attached hydrogen (secondary N) is 1. The van der Waals surface area contributed by atoms with Crippen LogP contribution in [0, 0.1) is 12.7 Å². The molecule has 0 amide bonds. The van der Waals surface area contributed by atoms with Crippen LogP contribution in [0.4, 0.5) is 4.39 Å². The molecule has 7 nitrogen and oxygen atoms in total. The van der Waals surface area contributed by atoms with Gasteiger partial charge in [0.15, 0.2) is 5.78 Å². The summed E-state index contributed by atoms with van der Waals surface area (Å²) in [7, 11) is 0. The van der Waals surface area contributed by atoms with Gasteiger partial charge in [-0.2, -0.15) is 5.10 Å². The lowest BCUT2D eigenvalue weighted by Crippen LogP contribution is -2.43.